The number of amides is 1. The first-order chi connectivity index (χ1) is 13.4. The average molecular weight is 400 g/mol. The molecule has 4 rings (SSSR count). The third-order valence-electron chi connectivity index (χ3n) is 5.19. The van der Waals surface area contributed by atoms with Gasteiger partial charge < -0.3 is 10.7 Å². The molecule has 2 aromatic carbocycles. The van der Waals surface area contributed by atoms with Gasteiger partial charge in [0.2, 0.25) is 15.9 Å². The maximum absolute atomic E-state index is 12.9. The number of aromatic nitrogens is 2. The molecule has 2 heterocycles. The Balaban J connectivity index is 1.54. The number of piperidine rings is 1. The summed E-state index contributed by atoms with van der Waals surface area (Å²) in [6, 6.07) is 13.0. The number of carbonyl (C=O) groups is 1. The van der Waals surface area contributed by atoms with Crippen LogP contribution < -0.4 is 11.4 Å². The molecule has 0 spiro atoms. The molecule has 1 saturated heterocycles. The molecule has 28 heavy (non-hydrogen) atoms. The van der Waals surface area contributed by atoms with E-state index >= 15 is 0 Å². The van der Waals surface area contributed by atoms with E-state index in [9.17, 15) is 18.0 Å². The molecule has 3 N–H and O–H groups in total. The molecule has 0 bridgehead atoms. The highest BCUT2D eigenvalue weighted by Gasteiger charge is 2.31. The van der Waals surface area contributed by atoms with E-state index < -0.39 is 15.9 Å². The van der Waals surface area contributed by atoms with Crippen LogP contribution in [0.4, 0.5) is 0 Å². The molecule has 1 aliphatic rings. The summed E-state index contributed by atoms with van der Waals surface area (Å²) in [5.74, 6) is -0.603. The van der Waals surface area contributed by atoms with Crippen molar-refractivity contribution in [2.24, 2.45) is 5.73 Å². The molecule has 1 aromatic heterocycles. The number of rotatable bonds is 4. The number of aromatic amines is 1. The number of para-hydroxylation sites is 2. The van der Waals surface area contributed by atoms with Crippen LogP contribution in [0, 0.1) is 0 Å². The first-order valence-corrected chi connectivity index (χ1v) is 10.4. The van der Waals surface area contributed by atoms with Gasteiger partial charge in [0.15, 0.2) is 0 Å². The van der Waals surface area contributed by atoms with E-state index in [1.807, 2.05) is 24.3 Å². The maximum Gasteiger partial charge on any atom is 0.326 e. The minimum absolute atomic E-state index is 0.0627. The van der Waals surface area contributed by atoms with Crippen molar-refractivity contribution >= 4 is 27.0 Å². The molecule has 9 heteroatoms. The Morgan fingerprint density at radius 1 is 1.04 bits per heavy atom. The number of carbonyl (C=O) groups excluding carboxylic acids is 1. The van der Waals surface area contributed by atoms with Gasteiger partial charge in [-0.25, -0.2) is 13.2 Å². The van der Waals surface area contributed by atoms with Crippen molar-refractivity contribution in [2.75, 3.05) is 13.1 Å². The Hall–Kier alpha value is -2.91. The second-order valence-corrected chi connectivity index (χ2v) is 8.78. The molecule has 0 saturated carbocycles. The summed E-state index contributed by atoms with van der Waals surface area (Å²) < 4.78 is 28.9. The third kappa shape index (κ3) is 3.12. The van der Waals surface area contributed by atoms with Crippen LogP contribution in [0.2, 0.25) is 0 Å². The molecule has 146 valence electrons. The number of hydrogen-bond acceptors (Lipinski definition) is 4. The molecule has 0 radical (unpaired) electrons. The summed E-state index contributed by atoms with van der Waals surface area (Å²) in [6.45, 7) is 0.632. The number of H-pyrrole nitrogens is 1. The first-order valence-electron chi connectivity index (χ1n) is 8.97. The van der Waals surface area contributed by atoms with Crippen molar-refractivity contribution in [2.45, 2.75) is 23.8 Å². The molecule has 1 amide bonds. The lowest BCUT2D eigenvalue weighted by atomic mass is 10.1. The largest absolute Gasteiger partial charge is 0.366 e. The molecular weight excluding hydrogens is 380 g/mol. The monoisotopic (exact) mass is 400 g/mol. The van der Waals surface area contributed by atoms with Crippen LogP contribution in [0.1, 0.15) is 29.2 Å². The van der Waals surface area contributed by atoms with Crippen LogP contribution in [0.25, 0.3) is 11.0 Å². The van der Waals surface area contributed by atoms with Crippen LogP contribution in [0.5, 0.6) is 0 Å². The Kier molecular flexibility index (Phi) is 4.56. The standard InChI is InChI=1S/C19H20N4O4S/c20-18(24)13-5-7-15(8-6-13)28(26,27)22-11-9-14(10-12-22)23-17-4-2-1-3-16(17)21-19(23)25/h1-8,14H,9-12H2,(H2,20,24)(H,21,25). The fourth-order valence-electron chi connectivity index (χ4n) is 3.72. The van der Waals surface area contributed by atoms with Crippen LogP contribution >= 0.6 is 0 Å². The van der Waals surface area contributed by atoms with Gasteiger partial charge in [0.1, 0.15) is 0 Å². The minimum Gasteiger partial charge on any atom is -0.366 e. The van der Waals surface area contributed by atoms with Gasteiger partial charge in [0.05, 0.1) is 15.9 Å². The molecule has 0 unspecified atom stereocenters. The zero-order chi connectivity index (χ0) is 19.9. The highest BCUT2D eigenvalue weighted by Crippen LogP contribution is 2.28. The number of sulfonamides is 1. The van der Waals surface area contributed by atoms with Crippen molar-refractivity contribution in [3.63, 3.8) is 0 Å². The Morgan fingerprint density at radius 3 is 2.32 bits per heavy atom. The molecule has 1 fully saturated rings. The number of primary amides is 1. The maximum atomic E-state index is 12.9. The smallest absolute Gasteiger partial charge is 0.326 e. The molecular formula is C19H20N4O4S. The Labute approximate surface area is 161 Å². The lowest BCUT2D eigenvalue weighted by Gasteiger charge is -2.31. The number of nitrogens with one attached hydrogen (secondary N) is 1. The highest BCUT2D eigenvalue weighted by molar-refractivity contribution is 7.89. The summed E-state index contributed by atoms with van der Waals surface area (Å²) in [4.78, 5) is 26.5. The second kappa shape index (κ2) is 6.92. The normalized spacial score (nSPS) is 16.4. The summed E-state index contributed by atoms with van der Waals surface area (Å²) in [7, 11) is -3.66. The van der Waals surface area contributed by atoms with Gasteiger partial charge in [-0.1, -0.05) is 12.1 Å². The van der Waals surface area contributed by atoms with E-state index in [1.54, 1.807) is 4.57 Å². The van der Waals surface area contributed by atoms with Crippen molar-refractivity contribution in [1.82, 2.24) is 13.9 Å². The van der Waals surface area contributed by atoms with Gasteiger partial charge in [-0.2, -0.15) is 4.31 Å². The van der Waals surface area contributed by atoms with Gasteiger partial charge in [0, 0.05) is 24.7 Å². The second-order valence-electron chi connectivity index (χ2n) is 6.84. The van der Waals surface area contributed by atoms with E-state index in [-0.39, 0.29) is 22.2 Å². The fourth-order valence-corrected chi connectivity index (χ4v) is 5.19. The molecule has 3 aromatic rings. The number of nitrogens with two attached hydrogens (primary N) is 1. The van der Waals surface area contributed by atoms with Gasteiger partial charge >= 0.3 is 5.69 Å². The van der Waals surface area contributed by atoms with Gasteiger partial charge in [-0.05, 0) is 49.2 Å². The van der Waals surface area contributed by atoms with Gasteiger partial charge in [-0.3, -0.25) is 9.36 Å². The number of benzene rings is 2. The van der Waals surface area contributed by atoms with Crippen molar-refractivity contribution in [3.8, 4) is 0 Å². The minimum atomic E-state index is -3.66. The summed E-state index contributed by atoms with van der Waals surface area (Å²) in [5, 5.41) is 0. The summed E-state index contributed by atoms with van der Waals surface area (Å²) in [6.07, 6.45) is 1.08. The molecule has 0 atom stereocenters. The fraction of sp³-hybridized carbons (Fsp3) is 0.263. The molecule has 1 aliphatic heterocycles. The third-order valence-corrected chi connectivity index (χ3v) is 7.10. The lowest BCUT2D eigenvalue weighted by molar-refractivity contribution is 0.1000. The van der Waals surface area contributed by atoms with E-state index in [1.165, 1.54) is 28.6 Å². The highest BCUT2D eigenvalue weighted by atomic mass is 32.2. The molecule has 8 nitrogen and oxygen atoms in total. The quantitative estimate of drug-likeness (QED) is 0.689. The summed E-state index contributed by atoms with van der Waals surface area (Å²) >= 11 is 0. The van der Waals surface area contributed by atoms with Crippen LogP contribution in [0.3, 0.4) is 0 Å². The number of fused-ring (bicyclic) bond motifs is 1. The number of nitrogens with zero attached hydrogens (tertiary/aromatic N) is 2. The molecule has 0 aliphatic carbocycles. The van der Waals surface area contributed by atoms with Crippen LogP contribution in [-0.2, 0) is 10.0 Å². The van der Waals surface area contributed by atoms with E-state index in [4.69, 9.17) is 5.73 Å². The topological polar surface area (TPSA) is 118 Å². The van der Waals surface area contributed by atoms with E-state index in [0.717, 1.165) is 11.0 Å². The number of imidazole rings is 1. The van der Waals surface area contributed by atoms with E-state index in [2.05, 4.69) is 4.98 Å². The Bertz CT molecular complexity index is 1190. The lowest BCUT2D eigenvalue weighted by Crippen LogP contribution is -2.40. The SMILES string of the molecule is NC(=O)c1ccc(S(=O)(=O)N2CCC(n3c(=O)[nH]c4ccccc43)CC2)cc1. The van der Waals surface area contributed by atoms with Crippen molar-refractivity contribution in [1.29, 1.82) is 0 Å². The van der Waals surface area contributed by atoms with Gasteiger partial charge in [0.25, 0.3) is 0 Å². The van der Waals surface area contributed by atoms with Crippen molar-refractivity contribution in [3.05, 3.63) is 64.6 Å². The zero-order valence-corrected chi connectivity index (χ0v) is 15.9. The average Bonchev–Trinajstić information content (AvgIpc) is 3.04. The van der Waals surface area contributed by atoms with Crippen LogP contribution in [-0.4, -0.2) is 41.3 Å². The predicted octanol–water partition coefficient (Wildman–Crippen LogP) is 1.45. The Morgan fingerprint density at radius 2 is 1.68 bits per heavy atom. The van der Waals surface area contributed by atoms with E-state index in [0.29, 0.717) is 25.9 Å². The number of hydrogen-bond donors (Lipinski definition) is 2. The summed E-state index contributed by atoms with van der Waals surface area (Å²) in [5.41, 5.74) is 6.89. The predicted molar refractivity (Wildman–Crippen MR) is 105 cm³/mol. The zero-order valence-electron chi connectivity index (χ0n) is 15.0. The van der Waals surface area contributed by atoms with Crippen LogP contribution in [0.15, 0.2) is 58.2 Å². The van der Waals surface area contributed by atoms with Gasteiger partial charge in [-0.15, -0.1) is 0 Å². The van der Waals surface area contributed by atoms with Crippen molar-refractivity contribution < 1.29 is 13.2 Å². The first kappa shape index (κ1) is 18.5.